The van der Waals surface area contributed by atoms with Gasteiger partial charge in [0.2, 0.25) is 0 Å². The molecule has 25 heavy (non-hydrogen) atoms. The molecule has 0 amide bonds. The predicted octanol–water partition coefficient (Wildman–Crippen LogP) is 3.59. The van der Waals surface area contributed by atoms with E-state index >= 15 is 0 Å². The van der Waals surface area contributed by atoms with Crippen molar-refractivity contribution in [3.8, 4) is 11.5 Å². The zero-order valence-corrected chi connectivity index (χ0v) is 15.2. The predicted molar refractivity (Wildman–Crippen MR) is 100 cm³/mol. The Morgan fingerprint density at radius 1 is 1.52 bits per heavy atom. The van der Waals surface area contributed by atoms with E-state index in [0.29, 0.717) is 18.1 Å². The maximum atomic E-state index is 10.7. The van der Waals surface area contributed by atoms with Gasteiger partial charge in [0, 0.05) is 19.1 Å². The van der Waals surface area contributed by atoms with Gasteiger partial charge in [0.25, 0.3) is 0 Å². The first-order chi connectivity index (χ1) is 14.0. The number of rotatable bonds is 6. The molecule has 0 aliphatic carbocycles. The highest BCUT2D eigenvalue weighted by atomic mass is 16.5. The first kappa shape index (κ1) is 12.8. The summed E-state index contributed by atoms with van der Waals surface area (Å²) in [5, 5.41) is 10.7. The van der Waals surface area contributed by atoms with Gasteiger partial charge in [-0.2, -0.15) is 0 Å². The maximum absolute atomic E-state index is 10.7. The Balaban J connectivity index is 1.89. The second kappa shape index (κ2) is 7.79. The number of ether oxygens (including phenoxy) is 2. The number of nitrogens with zero attached hydrogens (tertiary/aromatic N) is 1. The molecule has 0 unspecified atom stereocenters. The van der Waals surface area contributed by atoms with Crippen LogP contribution in [0.15, 0.2) is 24.7 Å². The Hall–Kier alpha value is -1.52. The van der Waals surface area contributed by atoms with Crippen LogP contribution in [0.2, 0.25) is 0 Å². The van der Waals surface area contributed by atoms with Crippen molar-refractivity contribution in [2.24, 2.45) is 11.8 Å². The molecule has 4 heteroatoms. The highest BCUT2D eigenvalue weighted by Crippen LogP contribution is 2.43. The Kier molecular flexibility index (Phi) is 3.98. The molecule has 1 saturated heterocycles. The van der Waals surface area contributed by atoms with Gasteiger partial charge in [0.05, 0.1) is 20.1 Å². The van der Waals surface area contributed by atoms with Crippen LogP contribution < -0.4 is 9.47 Å². The summed E-state index contributed by atoms with van der Waals surface area (Å²) in [6, 6.07) is 2.80. The van der Waals surface area contributed by atoms with Gasteiger partial charge in [0.1, 0.15) is 6.56 Å². The largest absolute Gasteiger partial charge is 0.493 e. The third kappa shape index (κ3) is 3.85. The molecule has 0 saturated carbocycles. The highest BCUT2D eigenvalue weighted by molar-refractivity contribution is 5.49. The van der Waals surface area contributed by atoms with Crippen LogP contribution in [-0.2, 0) is 6.42 Å². The summed E-state index contributed by atoms with van der Waals surface area (Å²) >= 11 is 0. The van der Waals surface area contributed by atoms with Crippen LogP contribution in [-0.4, -0.2) is 42.9 Å². The van der Waals surface area contributed by atoms with Crippen LogP contribution in [0.1, 0.15) is 50.7 Å². The lowest BCUT2D eigenvalue weighted by molar-refractivity contribution is -0.0191. The van der Waals surface area contributed by atoms with Crippen LogP contribution in [0.4, 0.5) is 0 Å². The van der Waals surface area contributed by atoms with E-state index in [-0.39, 0.29) is 23.8 Å². The minimum Gasteiger partial charge on any atom is -0.493 e. The number of aliphatic hydroxyl groups excluding tert-OH is 1. The van der Waals surface area contributed by atoms with Crippen molar-refractivity contribution in [2.45, 2.75) is 45.3 Å². The van der Waals surface area contributed by atoms with E-state index < -0.39 is 19.1 Å². The maximum Gasteiger partial charge on any atom is 0.161 e. The third-order valence-corrected chi connectivity index (χ3v) is 5.36. The van der Waals surface area contributed by atoms with E-state index in [1.54, 1.807) is 6.07 Å². The van der Waals surface area contributed by atoms with Crippen molar-refractivity contribution in [1.82, 2.24) is 4.90 Å². The van der Waals surface area contributed by atoms with E-state index in [0.717, 1.165) is 37.1 Å². The lowest BCUT2D eigenvalue weighted by atomic mass is 9.79. The number of benzene rings is 1. The first-order valence-corrected chi connectivity index (χ1v) is 9.00. The summed E-state index contributed by atoms with van der Waals surface area (Å²) in [6.45, 7) is 2.53. The molecule has 3 rings (SSSR count). The molecule has 0 bridgehead atoms. The Bertz CT molecular complexity index is 810. The molecular weight excluding hydrogens is 314 g/mol. The van der Waals surface area contributed by atoms with Crippen molar-refractivity contribution in [3.05, 3.63) is 35.8 Å². The number of hydrogen-bond donors (Lipinski definition) is 1. The number of hydrogen-bond acceptors (Lipinski definition) is 4. The number of fused-ring (bicyclic) bond motifs is 3. The number of piperidine rings is 1. The minimum absolute atomic E-state index is 0.0755. The normalized spacial score (nSPS) is 29.3. The van der Waals surface area contributed by atoms with Crippen molar-refractivity contribution < 1.29 is 21.4 Å². The van der Waals surface area contributed by atoms with Gasteiger partial charge in [-0.3, -0.25) is 4.90 Å². The quantitative estimate of drug-likeness (QED) is 0.796. The Labute approximate surface area is 158 Å². The molecule has 2 heterocycles. The Morgan fingerprint density at radius 3 is 3.08 bits per heavy atom. The van der Waals surface area contributed by atoms with Gasteiger partial charge in [-0.1, -0.05) is 26.4 Å². The molecule has 1 N–H and O–H groups in total. The fraction of sp³-hybridized carbons (Fsp3) is 0.619. The average molecular weight is 351 g/mol. The fourth-order valence-corrected chi connectivity index (χ4v) is 4.26. The van der Waals surface area contributed by atoms with Crippen molar-refractivity contribution in [2.75, 3.05) is 26.8 Å². The lowest BCUT2D eigenvalue weighted by Crippen LogP contribution is -2.48. The number of methoxy groups -OCH3 is 1. The second-order valence-electron chi connectivity index (χ2n) is 7.48. The van der Waals surface area contributed by atoms with Gasteiger partial charge < -0.3 is 14.6 Å². The molecule has 0 spiro atoms. The fourth-order valence-electron chi connectivity index (χ4n) is 4.26. The van der Waals surface area contributed by atoms with E-state index in [9.17, 15) is 5.11 Å². The summed E-state index contributed by atoms with van der Waals surface area (Å²) in [5.74, 6) is 1.29. The number of aliphatic hydroxyl groups is 1. The molecule has 2 aliphatic rings. The molecule has 1 fully saturated rings. The summed E-state index contributed by atoms with van der Waals surface area (Å²) in [5.41, 5.74) is 2.06. The topological polar surface area (TPSA) is 41.9 Å². The summed E-state index contributed by atoms with van der Waals surface area (Å²) in [4.78, 5) is 2.42. The molecular formula is C21H31NO3. The van der Waals surface area contributed by atoms with Crippen LogP contribution in [0.3, 0.4) is 0 Å². The second-order valence-corrected chi connectivity index (χ2v) is 7.48. The van der Waals surface area contributed by atoms with E-state index in [2.05, 4.69) is 18.7 Å². The van der Waals surface area contributed by atoms with Gasteiger partial charge in [0.15, 0.2) is 11.5 Å². The summed E-state index contributed by atoms with van der Waals surface area (Å²) < 4.78 is 48.7. The van der Waals surface area contributed by atoms with E-state index in [1.807, 2.05) is 6.07 Å². The molecule has 1 aromatic carbocycles. The third-order valence-electron chi connectivity index (χ3n) is 5.36. The van der Waals surface area contributed by atoms with Crippen LogP contribution in [0.25, 0.3) is 0 Å². The molecule has 2 aliphatic heterocycles. The lowest BCUT2D eigenvalue weighted by Gasteiger charge is -2.46. The van der Waals surface area contributed by atoms with Gasteiger partial charge in [-0.05, 0) is 54.4 Å². The molecule has 0 aromatic heterocycles. The summed E-state index contributed by atoms with van der Waals surface area (Å²) in [6.07, 6.45) is 2.05. The first-order valence-electron chi connectivity index (χ1n) is 11.5. The zero-order chi connectivity index (χ0) is 22.2. The van der Waals surface area contributed by atoms with Crippen molar-refractivity contribution in [3.63, 3.8) is 0 Å². The van der Waals surface area contributed by atoms with E-state index in [1.165, 1.54) is 7.11 Å². The Morgan fingerprint density at radius 2 is 2.36 bits per heavy atom. The van der Waals surface area contributed by atoms with Crippen LogP contribution in [0, 0.1) is 11.8 Å². The molecule has 4 nitrogen and oxygen atoms in total. The smallest absolute Gasteiger partial charge is 0.161 e. The van der Waals surface area contributed by atoms with Gasteiger partial charge in [-0.25, -0.2) is 0 Å². The highest BCUT2D eigenvalue weighted by Gasteiger charge is 2.38. The SMILES string of the molecule is [2H]C([2H])=C([2H])C([2H])([2H])Oc1cc2c(cc1OC)[C@H]1C[C@@H](O)[C@H](CC(C)C)CN1CC2. The average Bonchev–Trinajstić information content (AvgIpc) is 2.66. The van der Waals surface area contributed by atoms with Crippen molar-refractivity contribution in [1.29, 1.82) is 0 Å². The van der Waals surface area contributed by atoms with Crippen LogP contribution in [0.5, 0.6) is 11.5 Å². The van der Waals surface area contributed by atoms with Gasteiger partial charge >= 0.3 is 0 Å². The molecule has 3 atom stereocenters. The molecule has 0 radical (unpaired) electrons. The zero-order valence-electron chi connectivity index (χ0n) is 20.2. The molecule has 138 valence electrons. The van der Waals surface area contributed by atoms with E-state index in [4.69, 9.17) is 16.3 Å². The van der Waals surface area contributed by atoms with Gasteiger partial charge in [-0.15, -0.1) is 0 Å². The minimum atomic E-state index is -2.61. The summed E-state index contributed by atoms with van der Waals surface area (Å²) in [7, 11) is 1.47. The monoisotopic (exact) mass is 350 g/mol. The van der Waals surface area contributed by atoms with Crippen LogP contribution >= 0.6 is 0 Å². The molecule has 1 aromatic rings. The van der Waals surface area contributed by atoms with Crippen molar-refractivity contribution >= 4 is 0 Å². The standard InChI is InChI=1S/C21H31NO3/c1-5-8-25-21-10-15-6-7-22-13-16(9-14(2)3)19(23)12-18(22)17(15)11-20(21)24-4/h5,10-11,14,16,18-19,23H,1,6-9,12-13H2,2-4H3/t16-,18-,19-/m1/s1/i1D2,5D,8D2.